The molecule has 0 saturated carbocycles. The van der Waals surface area contributed by atoms with Gasteiger partial charge in [-0.2, -0.15) is 13.2 Å². The van der Waals surface area contributed by atoms with Crippen LogP contribution in [0, 0.1) is 13.8 Å². The Bertz CT molecular complexity index is 413. The Morgan fingerprint density at radius 2 is 1.76 bits per heavy atom. The van der Waals surface area contributed by atoms with Crippen molar-refractivity contribution in [1.82, 2.24) is 10.4 Å². The number of hydrogen-bond acceptors (Lipinski definition) is 3. The van der Waals surface area contributed by atoms with E-state index >= 15 is 0 Å². The van der Waals surface area contributed by atoms with E-state index in [0.29, 0.717) is 17.9 Å². The van der Waals surface area contributed by atoms with Gasteiger partial charge in [0.05, 0.1) is 11.3 Å². The van der Waals surface area contributed by atoms with E-state index in [-0.39, 0.29) is 11.3 Å². The van der Waals surface area contributed by atoms with E-state index in [2.05, 4.69) is 15.8 Å². The summed E-state index contributed by atoms with van der Waals surface area (Å²) in [4.78, 5) is 3.89. The molecule has 6 heteroatoms. The average Bonchev–Trinajstić information content (AvgIpc) is 2.66. The molecular weight excluding hydrogens is 231 g/mol. The maximum absolute atomic E-state index is 12.7. The lowest BCUT2D eigenvalue weighted by Gasteiger charge is -2.15. The van der Waals surface area contributed by atoms with E-state index < -0.39 is 11.7 Å². The molecule has 17 heavy (non-hydrogen) atoms. The SMILES string of the molecule is CC.Cc1nc2c(c(C)c1C(F)(F)F)CNN2. The molecule has 0 fully saturated rings. The van der Waals surface area contributed by atoms with Crippen molar-refractivity contribution in [2.45, 2.75) is 40.4 Å². The molecule has 0 aromatic carbocycles. The summed E-state index contributed by atoms with van der Waals surface area (Å²) < 4.78 is 38.1. The number of fused-ring (bicyclic) bond motifs is 1. The second kappa shape index (κ2) is 4.91. The number of aromatic nitrogens is 1. The highest BCUT2D eigenvalue weighted by Gasteiger charge is 2.37. The van der Waals surface area contributed by atoms with E-state index in [1.165, 1.54) is 13.8 Å². The molecule has 1 aromatic heterocycles. The third-order valence-corrected chi connectivity index (χ3v) is 2.51. The Labute approximate surface area is 98.4 Å². The molecule has 0 atom stereocenters. The van der Waals surface area contributed by atoms with Crippen LogP contribution in [0.15, 0.2) is 0 Å². The van der Waals surface area contributed by atoms with Gasteiger partial charge < -0.3 is 5.43 Å². The van der Waals surface area contributed by atoms with Gasteiger partial charge in [-0.3, -0.25) is 0 Å². The zero-order valence-electron chi connectivity index (χ0n) is 10.3. The lowest BCUT2D eigenvalue weighted by atomic mass is 10.0. The minimum absolute atomic E-state index is 0.00921. The Hall–Kier alpha value is -1.30. The number of hydrazine groups is 1. The molecule has 2 N–H and O–H groups in total. The third kappa shape index (κ3) is 2.52. The average molecular weight is 247 g/mol. The summed E-state index contributed by atoms with van der Waals surface area (Å²) in [5.41, 5.74) is 5.72. The quantitative estimate of drug-likeness (QED) is 0.739. The molecule has 0 aliphatic carbocycles. The molecule has 1 aromatic rings. The number of aryl methyl sites for hydroxylation is 1. The fraction of sp³-hybridized carbons (Fsp3) is 0.545. The number of nitrogens with zero attached hydrogens (tertiary/aromatic N) is 1. The minimum atomic E-state index is -4.33. The minimum Gasteiger partial charge on any atom is -0.305 e. The van der Waals surface area contributed by atoms with Crippen LogP contribution in [0.2, 0.25) is 0 Å². The van der Waals surface area contributed by atoms with Crippen molar-refractivity contribution in [2.24, 2.45) is 0 Å². The molecule has 0 spiro atoms. The summed E-state index contributed by atoms with van der Waals surface area (Å²) in [6, 6.07) is 0. The van der Waals surface area contributed by atoms with Crippen LogP contribution in [-0.4, -0.2) is 4.98 Å². The zero-order chi connectivity index (χ0) is 13.2. The smallest absolute Gasteiger partial charge is 0.305 e. The lowest BCUT2D eigenvalue weighted by Crippen LogP contribution is -2.13. The second-order valence-electron chi connectivity index (χ2n) is 3.50. The molecule has 0 radical (unpaired) electrons. The van der Waals surface area contributed by atoms with Gasteiger partial charge in [-0.15, -0.1) is 0 Å². The summed E-state index contributed by atoms with van der Waals surface area (Å²) in [7, 11) is 0. The summed E-state index contributed by atoms with van der Waals surface area (Å²) in [6.07, 6.45) is -4.33. The monoisotopic (exact) mass is 247 g/mol. The first-order chi connectivity index (χ1) is 7.91. The van der Waals surface area contributed by atoms with Gasteiger partial charge in [0.1, 0.15) is 5.82 Å². The second-order valence-corrected chi connectivity index (χ2v) is 3.50. The maximum atomic E-state index is 12.7. The van der Waals surface area contributed by atoms with E-state index in [0.717, 1.165) is 0 Å². The molecule has 0 bridgehead atoms. The third-order valence-electron chi connectivity index (χ3n) is 2.51. The summed E-state index contributed by atoms with van der Waals surface area (Å²) in [5, 5.41) is 0. The molecule has 1 aliphatic rings. The molecule has 1 aliphatic heterocycles. The number of rotatable bonds is 0. The van der Waals surface area contributed by atoms with Gasteiger partial charge in [0, 0.05) is 12.1 Å². The van der Waals surface area contributed by atoms with Crippen molar-refractivity contribution in [3.8, 4) is 0 Å². The van der Waals surface area contributed by atoms with Crippen molar-refractivity contribution >= 4 is 5.82 Å². The van der Waals surface area contributed by atoms with Crippen molar-refractivity contribution in [2.75, 3.05) is 5.43 Å². The molecule has 3 nitrogen and oxygen atoms in total. The Morgan fingerprint density at radius 3 is 2.29 bits per heavy atom. The van der Waals surface area contributed by atoms with Gasteiger partial charge >= 0.3 is 6.18 Å². The van der Waals surface area contributed by atoms with E-state index in [1.54, 1.807) is 0 Å². The summed E-state index contributed by atoms with van der Waals surface area (Å²) in [6.45, 7) is 7.22. The van der Waals surface area contributed by atoms with Gasteiger partial charge in [0.15, 0.2) is 0 Å². The van der Waals surface area contributed by atoms with E-state index in [4.69, 9.17) is 0 Å². The Balaban J connectivity index is 0.000000686. The number of nitrogens with one attached hydrogen (secondary N) is 2. The molecule has 0 unspecified atom stereocenters. The van der Waals surface area contributed by atoms with Crippen molar-refractivity contribution in [1.29, 1.82) is 0 Å². The molecule has 2 rings (SSSR count). The van der Waals surface area contributed by atoms with Gasteiger partial charge in [0.2, 0.25) is 0 Å². The normalized spacial score (nSPS) is 13.6. The van der Waals surface area contributed by atoms with Crippen LogP contribution in [0.1, 0.15) is 36.2 Å². The van der Waals surface area contributed by atoms with Crippen molar-refractivity contribution in [3.63, 3.8) is 0 Å². The lowest BCUT2D eigenvalue weighted by molar-refractivity contribution is -0.138. The maximum Gasteiger partial charge on any atom is 0.418 e. The predicted molar refractivity (Wildman–Crippen MR) is 60.5 cm³/mol. The molecule has 96 valence electrons. The first-order valence-corrected chi connectivity index (χ1v) is 5.47. The number of pyridine rings is 1. The topological polar surface area (TPSA) is 37.0 Å². The van der Waals surface area contributed by atoms with Crippen molar-refractivity contribution < 1.29 is 13.2 Å². The van der Waals surface area contributed by atoms with Crippen LogP contribution in [0.4, 0.5) is 19.0 Å². The van der Waals surface area contributed by atoms with E-state index in [1.807, 2.05) is 13.8 Å². The van der Waals surface area contributed by atoms with Crippen LogP contribution in [-0.2, 0) is 12.7 Å². The number of hydrogen-bond donors (Lipinski definition) is 2. The molecular formula is C11H16F3N3. The van der Waals surface area contributed by atoms with E-state index in [9.17, 15) is 13.2 Å². The highest BCUT2D eigenvalue weighted by molar-refractivity contribution is 5.55. The van der Waals surface area contributed by atoms with Crippen LogP contribution < -0.4 is 10.9 Å². The number of alkyl halides is 3. The van der Waals surface area contributed by atoms with Gasteiger partial charge in [-0.1, -0.05) is 13.8 Å². The molecule has 0 saturated heterocycles. The zero-order valence-corrected chi connectivity index (χ0v) is 10.3. The predicted octanol–water partition coefficient (Wildman–Crippen LogP) is 3.17. The largest absolute Gasteiger partial charge is 0.418 e. The van der Waals surface area contributed by atoms with Gasteiger partial charge in [0.25, 0.3) is 0 Å². The summed E-state index contributed by atoms with van der Waals surface area (Å²) >= 11 is 0. The highest BCUT2D eigenvalue weighted by Crippen LogP contribution is 2.37. The fourth-order valence-electron chi connectivity index (χ4n) is 1.84. The first kappa shape index (κ1) is 13.8. The highest BCUT2D eigenvalue weighted by atomic mass is 19.4. The van der Waals surface area contributed by atoms with Crippen LogP contribution >= 0.6 is 0 Å². The van der Waals surface area contributed by atoms with Gasteiger partial charge in [-0.05, 0) is 19.4 Å². The number of halogens is 3. The standard InChI is InChI=1S/C9H10F3N3.C2H6/c1-4-6-3-13-15-8(6)14-5(2)7(4)9(10,11)12;1-2/h13H,3H2,1-2H3,(H,14,15);1-2H3. The van der Waals surface area contributed by atoms with Crippen LogP contribution in [0.3, 0.4) is 0 Å². The van der Waals surface area contributed by atoms with Crippen LogP contribution in [0.25, 0.3) is 0 Å². The summed E-state index contributed by atoms with van der Waals surface area (Å²) in [5.74, 6) is 0.498. The fourth-order valence-corrected chi connectivity index (χ4v) is 1.84. The van der Waals surface area contributed by atoms with Gasteiger partial charge in [-0.25, -0.2) is 10.4 Å². The number of anilines is 1. The van der Waals surface area contributed by atoms with Crippen LogP contribution in [0.5, 0.6) is 0 Å². The Morgan fingerprint density at radius 1 is 1.18 bits per heavy atom. The Kier molecular flexibility index (Phi) is 3.98. The molecule has 0 amide bonds. The first-order valence-electron chi connectivity index (χ1n) is 5.47. The molecule has 2 heterocycles. The van der Waals surface area contributed by atoms with Crippen molar-refractivity contribution in [3.05, 3.63) is 22.4 Å².